The molecule has 3 rings (SSSR count). The van der Waals surface area contributed by atoms with Crippen molar-refractivity contribution in [1.29, 1.82) is 0 Å². The molecule has 3 aromatic rings. The second-order valence-corrected chi connectivity index (χ2v) is 6.13. The van der Waals surface area contributed by atoms with E-state index >= 15 is 0 Å². The molecule has 0 saturated heterocycles. The summed E-state index contributed by atoms with van der Waals surface area (Å²) in [5.41, 5.74) is 1.99. The average molecular weight is 369 g/mol. The smallest absolute Gasteiger partial charge is 0.414 e. The van der Waals surface area contributed by atoms with Crippen LogP contribution in [-0.4, -0.2) is 47.2 Å². The third kappa shape index (κ3) is 4.55. The number of anilines is 1. The number of rotatable bonds is 6. The SMILES string of the molecule is CN(C)C(=O)Oc1ccc(C[C@H](Nc2nc3ccccc3o2)C(=O)O)cc1. The fourth-order valence-electron chi connectivity index (χ4n) is 2.40. The van der Waals surface area contributed by atoms with Gasteiger partial charge in [-0.05, 0) is 29.8 Å². The van der Waals surface area contributed by atoms with E-state index in [0.717, 1.165) is 5.56 Å². The largest absolute Gasteiger partial charge is 0.480 e. The van der Waals surface area contributed by atoms with Crippen molar-refractivity contribution in [2.45, 2.75) is 12.5 Å². The van der Waals surface area contributed by atoms with Crippen LogP contribution in [0.4, 0.5) is 10.8 Å². The van der Waals surface area contributed by atoms with Crippen molar-refractivity contribution in [2.75, 3.05) is 19.4 Å². The molecule has 2 N–H and O–H groups in total. The standard InChI is InChI=1S/C19H19N3O5/c1-22(2)19(25)26-13-9-7-12(8-10-13)11-15(17(23)24)21-18-20-14-5-3-4-6-16(14)27-18/h3-10,15H,11H2,1-2H3,(H,20,21)(H,23,24)/t15-/m0/s1. The molecule has 0 spiro atoms. The van der Waals surface area contributed by atoms with Crippen molar-refractivity contribution in [1.82, 2.24) is 9.88 Å². The van der Waals surface area contributed by atoms with Gasteiger partial charge in [0.1, 0.15) is 17.3 Å². The summed E-state index contributed by atoms with van der Waals surface area (Å²) in [5.74, 6) is -0.642. The van der Waals surface area contributed by atoms with Gasteiger partial charge < -0.3 is 24.5 Å². The highest BCUT2D eigenvalue weighted by atomic mass is 16.6. The van der Waals surface area contributed by atoms with Crippen LogP contribution in [-0.2, 0) is 11.2 Å². The number of hydrogen-bond donors (Lipinski definition) is 2. The van der Waals surface area contributed by atoms with Crippen molar-refractivity contribution < 1.29 is 23.8 Å². The van der Waals surface area contributed by atoms with Gasteiger partial charge in [-0.1, -0.05) is 24.3 Å². The van der Waals surface area contributed by atoms with E-state index in [2.05, 4.69) is 10.3 Å². The lowest BCUT2D eigenvalue weighted by atomic mass is 10.1. The van der Waals surface area contributed by atoms with Crippen molar-refractivity contribution in [3.8, 4) is 5.75 Å². The number of carbonyl (C=O) groups is 2. The van der Waals surface area contributed by atoms with Crippen molar-refractivity contribution in [2.24, 2.45) is 0 Å². The van der Waals surface area contributed by atoms with Gasteiger partial charge in [-0.3, -0.25) is 0 Å². The van der Waals surface area contributed by atoms with E-state index in [-0.39, 0.29) is 12.4 Å². The molecule has 8 nitrogen and oxygen atoms in total. The fourth-order valence-corrected chi connectivity index (χ4v) is 2.40. The second-order valence-electron chi connectivity index (χ2n) is 6.13. The zero-order valence-electron chi connectivity index (χ0n) is 14.9. The Bertz CT molecular complexity index is 916. The molecular formula is C19H19N3O5. The van der Waals surface area contributed by atoms with Crippen LogP contribution in [0.25, 0.3) is 11.1 Å². The molecule has 0 aliphatic rings. The van der Waals surface area contributed by atoms with E-state index in [4.69, 9.17) is 9.15 Å². The molecule has 0 fully saturated rings. The Morgan fingerprint density at radius 2 is 1.89 bits per heavy atom. The summed E-state index contributed by atoms with van der Waals surface area (Å²) in [5, 5.41) is 12.3. The summed E-state index contributed by atoms with van der Waals surface area (Å²) in [6, 6.07) is 13.1. The van der Waals surface area contributed by atoms with E-state index in [1.807, 2.05) is 12.1 Å². The molecule has 0 unspecified atom stereocenters. The first-order valence-corrected chi connectivity index (χ1v) is 8.25. The maximum Gasteiger partial charge on any atom is 0.414 e. The minimum Gasteiger partial charge on any atom is -0.480 e. The van der Waals surface area contributed by atoms with Gasteiger partial charge in [-0.25, -0.2) is 9.59 Å². The van der Waals surface area contributed by atoms with Gasteiger partial charge in [0.15, 0.2) is 5.58 Å². The van der Waals surface area contributed by atoms with E-state index < -0.39 is 18.1 Å². The van der Waals surface area contributed by atoms with Gasteiger partial charge >= 0.3 is 12.1 Å². The highest BCUT2D eigenvalue weighted by Crippen LogP contribution is 2.20. The van der Waals surface area contributed by atoms with Crippen LogP contribution in [0, 0.1) is 0 Å². The lowest BCUT2D eigenvalue weighted by Crippen LogP contribution is -2.31. The fraction of sp³-hybridized carbons (Fsp3) is 0.211. The first kappa shape index (κ1) is 18.2. The molecule has 0 aliphatic carbocycles. The van der Waals surface area contributed by atoms with Crippen molar-refractivity contribution in [3.05, 3.63) is 54.1 Å². The van der Waals surface area contributed by atoms with Crippen LogP contribution >= 0.6 is 0 Å². The summed E-state index contributed by atoms with van der Waals surface area (Å²) in [6.45, 7) is 0. The number of para-hydroxylation sites is 2. The number of aliphatic carboxylic acids is 1. The van der Waals surface area contributed by atoms with Gasteiger partial charge in [0.2, 0.25) is 0 Å². The number of nitrogens with one attached hydrogen (secondary N) is 1. The van der Waals surface area contributed by atoms with Crippen LogP contribution < -0.4 is 10.1 Å². The Kier molecular flexibility index (Phi) is 5.25. The third-order valence-corrected chi connectivity index (χ3v) is 3.82. The zero-order chi connectivity index (χ0) is 19.4. The minimum absolute atomic E-state index is 0.153. The number of carboxylic acids is 1. The summed E-state index contributed by atoms with van der Waals surface area (Å²) in [7, 11) is 3.18. The van der Waals surface area contributed by atoms with Crippen LogP contribution in [0.2, 0.25) is 0 Å². The van der Waals surface area contributed by atoms with Crippen LogP contribution in [0.1, 0.15) is 5.56 Å². The highest BCUT2D eigenvalue weighted by molar-refractivity contribution is 5.79. The maximum absolute atomic E-state index is 11.6. The van der Waals surface area contributed by atoms with Crippen LogP contribution in [0.5, 0.6) is 5.75 Å². The molecule has 0 saturated carbocycles. The van der Waals surface area contributed by atoms with Crippen molar-refractivity contribution in [3.63, 3.8) is 0 Å². The van der Waals surface area contributed by atoms with Gasteiger partial charge in [0, 0.05) is 20.5 Å². The van der Waals surface area contributed by atoms with E-state index in [1.165, 1.54) is 4.90 Å². The maximum atomic E-state index is 11.6. The van der Waals surface area contributed by atoms with E-state index in [0.29, 0.717) is 16.8 Å². The summed E-state index contributed by atoms with van der Waals surface area (Å²) in [4.78, 5) is 28.7. The number of benzene rings is 2. The molecule has 2 aromatic carbocycles. The average Bonchev–Trinajstić information content (AvgIpc) is 3.05. The molecule has 0 bridgehead atoms. The molecule has 1 heterocycles. The number of carbonyl (C=O) groups excluding carboxylic acids is 1. The topological polar surface area (TPSA) is 105 Å². The van der Waals surface area contributed by atoms with Gasteiger partial charge in [-0.2, -0.15) is 4.98 Å². The number of fused-ring (bicyclic) bond motifs is 1. The summed E-state index contributed by atoms with van der Waals surface area (Å²) >= 11 is 0. The molecule has 0 aliphatic heterocycles. The van der Waals surface area contributed by atoms with Crippen molar-refractivity contribution >= 4 is 29.2 Å². The number of oxazole rings is 1. The predicted molar refractivity (Wildman–Crippen MR) is 98.9 cm³/mol. The normalized spacial score (nSPS) is 11.8. The molecule has 27 heavy (non-hydrogen) atoms. The summed E-state index contributed by atoms with van der Waals surface area (Å²) in [6.07, 6.45) is -0.278. The Balaban J connectivity index is 1.69. The number of hydrogen-bond acceptors (Lipinski definition) is 6. The molecular weight excluding hydrogens is 350 g/mol. The number of aromatic nitrogens is 1. The van der Waals surface area contributed by atoms with Gasteiger partial charge in [-0.15, -0.1) is 0 Å². The highest BCUT2D eigenvalue weighted by Gasteiger charge is 2.20. The monoisotopic (exact) mass is 369 g/mol. The Hall–Kier alpha value is -3.55. The quantitative estimate of drug-likeness (QED) is 0.688. The molecule has 1 atom stereocenters. The Morgan fingerprint density at radius 3 is 2.52 bits per heavy atom. The lowest BCUT2D eigenvalue weighted by molar-refractivity contribution is -0.137. The third-order valence-electron chi connectivity index (χ3n) is 3.82. The number of carboxylic acid groups (broad SMARTS) is 1. The molecule has 1 amide bonds. The molecule has 1 aromatic heterocycles. The zero-order valence-corrected chi connectivity index (χ0v) is 14.9. The number of amides is 1. The van der Waals surface area contributed by atoms with E-state index in [9.17, 15) is 14.7 Å². The number of ether oxygens (including phenoxy) is 1. The van der Waals surface area contributed by atoms with E-state index in [1.54, 1.807) is 50.5 Å². The Labute approximate surface area is 155 Å². The van der Waals surface area contributed by atoms with Gasteiger partial charge in [0.05, 0.1) is 0 Å². The Morgan fingerprint density at radius 1 is 1.19 bits per heavy atom. The predicted octanol–water partition coefficient (Wildman–Crippen LogP) is 3.00. The second kappa shape index (κ2) is 7.77. The minimum atomic E-state index is -1.03. The first-order valence-electron chi connectivity index (χ1n) is 8.25. The van der Waals surface area contributed by atoms with Gasteiger partial charge in [0.25, 0.3) is 6.01 Å². The molecule has 140 valence electrons. The molecule has 0 radical (unpaired) electrons. The van der Waals surface area contributed by atoms with Crippen LogP contribution in [0.15, 0.2) is 52.9 Å². The van der Waals surface area contributed by atoms with Crippen LogP contribution in [0.3, 0.4) is 0 Å². The molecule has 8 heteroatoms. The lowest BCUT2D eigenvalue weighted by Gasteiger charge is -2.14. The number of nitrogens with zero attached hydrogens (tertiary/aromatic N) is 2. The first-order chi connectivity index (χ1) is 12.9. The summed E-state index contributed by atoms with van der Waals surface area (Å²) < 4.78 is 10.7.